The van der Waals surface area contributed by atoms with E-state index in [-0.39, 0.29) is 22.6 Å². The molecular formula is C14H10N2O3. The van der Waals surface area contributed by atoms with Gasteiger partial charge in [0, 0.05) is 11.8 Å². The maximum Gasteiger partial charge on any atom is 0.261 e. The van der Waals surface area contributed by atoms with E-state index in [1.165, 1.54) is 12.3 Å². The molecule has 0 amide bonds. The number of para-hydroxylation sites is 1. The van der Waals surface area contributed by atoms with Crippen LogP contribution in [0.5, 0.6) is 11.5 Å². The Morgan fingerprint density at radius 1 is 1.05 bits per heavy atom. The molecule has 5 heteroatoms. The van der Waals surface area contributed by atoms with Crippen LogP contribution in [0.15, 0.2) is 47.4 Å². The third-order valence-electron chi connectivity index (χ3n) is 2.93. The number of aromatic amines is 1. The molecule has 0 unspecified atom stereocenters. The van der Waals surface area contributed by atoms with Crippen molar-refractivity contribution in [3.8, 4) is 22.6 Å². The quantitative estimate of drug-likeness (QED) is 0.620. The number of rotatable bonds is 1. The number of phenols is 1. The number of hydrogen-bond donors (Lipinski definition) is 3. The van der Waals surface area contributed by atoms with Crippen molar-refractivity contribution in [2.45, 2.75) is 0 Å². The van der Waals surface area contributed by atoms with Gasteiger partial charge in [-0.3, -0.25) is 4.79 Å². The van der Waals surface area contributed by atoms with E-state index in [0.717, 1.165) is 0 Å². The third-order valence-corrected chi connectivity index (χ3v) is 2.93. The second kappa shape index (κ2) is 4.13. The van der Waals surface area contributed by atoms with Gasteiger partial charge in [-0.25, -0.2) is 4.98 Å². The monoisotopic (exact) mass is 254 g/mol. The van der Waals surface area contributed by atoms with Gasteiger partial charge in [-0.15, -0.1) is 0 Å². The Hall–Kier alpha value is -2.82. The summed E-state index contributed by atoms with van der Waals surface area (Å²) in [7, 11) is 0. The van der Waals surface area contributed by atoms with Crippen LogP contribution in [0.1, 0.15) is 0 Å². The first-order valence-corrected chi connectivity index (χ1v) is 5.67. The molecule has 3 N–H and O–H groups in total. The number of H-pyrrole nitrogens is 1. The average Bonchev–Trinajstić information content (AvgIpc) is 2.41. The zero-order valence-corrected chi connectivity index (χ0v) is 9.79. The number of pyridine rings is 2. The lowest BCUT2D eigenvalue weighted by atomic mass is 10.0. The topological polar surface area (TPSA) is 86.2 Å². The van der Waals surface area contributed by atoms with Crippen LogP contribution in [0.3, 0.4) is 0 Å². The van der Waals surface area contributed by atoms with E-state index in [1.54, 1.807) is 30.3 Å². The fourth-order valence-corrected chi connectivity index (χ4v) is 2.04. The van der Waals surface area contributed by atoms with Gasteiger partial charge in [0.1, 0.15) is 17.1 Å². The van der Waals surface area contributed by atoms with Crippen molar-refractivity contribution in [3.63, 3.8) is 0 Å². The molecule has 94 valence electrons. The second-order valence-electron chi connectivity index (χ2n) is 4.09. The number of hydrogen-bond acceptors (Lipinski definition) is 4. The van der Waals surface area contributed by atoms with Gasteiger partial charge in [0.15, 0.2) is 0 Å². The lowest BCUT2D eigenvalue weighted by Crippen LogP contribution is -2.10. The van der Waals surface area contributed by atoms with E-state index >= 15 is 0 Å². The summed E-state index contributed by atoms with van der Waals surface area (Å²) in [5, 5.41) is 20.5. The van der Waals surface area contributed by atoms with Gasteiger partial charge < -0.3 is 15.2 Å². The highest BCUT2D eigenvalue weighted by atomic mass is 16.3. The lowest BCUT2D eigenvalue weighted by Gasteiger charge is -2.08. The second-order valence-corrected chi connectivity index (χ2v) is 4.09. The molecule has 0 spiro atoms. The highest BCUT2D eigenvalue weighted by Crippen LogP contribution is 2.35. The van der Waals surface area contributed by atoms with Gasteiger partial charge in [0.05, 0.1) is 10.9 Å². The Balaban J connectivity index is 2.43. The van der Waals surface area contributed by atoms with E-state index in [1.807, 2.05) is 0 Å². The van der Waals surface area contributed by atoms with E-state index in [4.69, 9.17) is 0 Å². The Morgan fingerprint density at radius 3 is 2.63 bits per heavy atom. The van der Waals surface area contributed by atoms with E-state index in [9.17, 15) is 15.0 Å². The van der Waals surface area contributed by atoms with Crippen LogP contribution in [0.4, 0.5) is 0 Å². The molecule has 0 fully saturated rings. The molecule has 3 rings (SSSR count). The van der Waals surface area contributed by atoms with Gasteiger partial charge in [0.25, 0.3) is 5.56 Å². The summed E-state index contributed by atoms with van der Waals surface area (Å²) in [6, 6.07) is 9.67. The number of aromatic nitrogens is 2. The molecule has 0 atom stereocenters. The highest BCUT2D eigenvalue weighted by molar-refractivity contribution is 5.90. The minimum absolute atomic E-state index is 0.0404. The minimum Gasteiger partial charge on any atom is -0.507 e. The van der Waals surface area contributed by atoms with Crippen molar-refractivity contribution in [3.05, 3.63) is 52.9 Å². The SMILES string of the molecule is O=c1[nH]c2ncccc2c(O)c1-c1ccccc1O. The summed E-state index contributed by atoms with van der Waals surface area (Å²) in [6.07, 6.45) is 1.53. The summed E-state index contributed by atoms with van der Waals surface area (Å²) < 4.78 is 0. The molecule has 2 heterocycles. The van der Waals surface area contributed by atoms with Crippen LogP contribution >= 0.6 is 0 Å². The molecule has 0 aliphatic rings. The molecule has 0 radical (unpaired) electrons. The van der Waals surface area contributed by atoms with Crippen molar-refractivity contribution in [1.29, 1.82) is 0 Å². The van der Waals surface area contributed by atoms with Crippen molar-refractivity contribution >= 4 is 11.0 Å². The van der Waals surface area contributed by atoms with Crippen LogP contribution in [-0.2, 0) is 0 Å². The normalized spacial score (nSPS) is 10.7. The zero-order chi connectivity index (χ0) is 13.4. The fourth-order valence-electron chi connectivity index (χ4n) is 2.04. The highest BCUT2D eigenvalue weighted by Gasteiger charge is 2.16. The minimum atomic E-state index is -0.495. The smallest absolute Gasteiger partial charge is 0.261 e. The molecule has 0 saturated heterocycles. The Kier molecular flexibility index (Phi) is 2.45. The predicted molar refractivity (Wildman–Crippen MR) is 71.1 cm³/mol. The summed E-state index contributed by atoms with van der Waals surface area (Å²) in [5.41, 5.74) is 0.139. The number of nitrogens with one attached hydrogen (secondary N) is 1. The number of aromatic hydroxyl groups is 2. The molecule has 2 aromatic heterocycles. The largest absolute Gasteiger partial charge is 0.507 e. The molecule has 0 aliphatic carbocycles. The predicted octanol–water partition coefficient (Wildman–Crippen LogP) is 2.00. The summed E-state index contributed by atoms with van der Waals surface area (Å²) in [5.74, 6) is -0.250. The molecular weight excluding hydrogens is 244 g/mol. The Bertz CT molecular complexity index is 824. The van der Waals surface area contributed by atoms with Gasteiger partial charge >= 0.3 is 0 Å². The van der Waals surface area contributed by atoms with Crippen molar-refractivity contribution in [2.75, 3.05) is 0 Å². The number of nitrogens with zero attached hydrogens (tertiary/aromatic N) is 1. The van der Waals surface area contributed by atoms with E-state index in [0.29, 0.717) is 11.0 Å². The Labute approximate surface area is 107 Å². The average molecular weight is 254 g/mol. The molecule has 3 aromatic rings. The molecule has 0 saturated carbocycles. The van der Waals surface area contributed by atoms with Crippen molar-refractivity contribution in [2.24, 2.45) is 0 Å². The first-order chi connectivity index (χ1) is 9.18. The fraction of sp³-hybridized carbons (Fsp3) is 0. The van der Waals surface area contributed by atoms with E-state index in [2.05, 4.69) is 9.97 Å². The maximum absolute atomic E-state index is 12.0. The van der Waals surface area contributed by atoms with Crippen LogP contribution in [0.2, 0.25) is 0 Å². The summed E-state index contributed by atoms with van der Waals surface area (Å²) in [4.78, 5) is 18.6. The molecule has 0 bridgehead atoms. The standard InChI is InChI=1S/C14H10N2O3/c17-10-6-2-1-4-8(10)11-12(18)9-5-3-7-15-13(9)16-14(11)19/h1-7,17H,(H2,15,16,18,19). The van der Waals surface area contributed by atoms with Gasteiger partial charge in [0.2, 0.25) is 0 Å². The van der Waals surface area contributed by atoms with Crippen LogP contribution in [-0.4, -0.2) is 20.2 Å². The number of benzene rings is 1. The lowest BCUT2D eigenvalue weighted by molar-refractivity contribution is 0.471. The first-order valence-electron chi connectivity index (χ1n) is 5.67. The van der Waals surface area contributed by atoms with Crippen LogP contribution in [0.25, 0.3) is 22.2 Å². The maximum atomic E-state index is 12.0. The van der Waals surface area contributed by atoms with E-state index < -0.39 is 5.56 Å². The molecule has 19 heavy (non-hydrogen) atoms. The van der Waals surface area contributed by atoms with Crippen LogP contribution < -0.4 is 5.56 Å². The summed E-state index contributed by atoms with van der Waals surface area (Å²) >= 11 is 0. The Morgan fingerprint density at radius 2 is 1.84 bits per heavy atom. The molecule has 0 aliphatic heterocycles. The number of fused-ring (bicyclic) bond motifs is 1. The van der Waals surface area contributed by atoms with Crippen molar-refractivity contribution in [1.82, 2.24) is 9.97 Å². The third kappa shape index (κ3) is 1.72. The first kappa shape index (κ1) is 11.3. The number of phenolic OH excluding ortho intramolecular Hbond substituents is 1. The zero-order valence-electron chi connectivity index (χ0n) is 9.79. The van der Waals surface area contributed by atoms with Gasteiger partial charge in [-0.05, 0) is 18.2 Å². The van der Waals surface area contributed by atoms with Gasteiger partial charge in [-0.2, -0.15) is 0 Å². The summed E-state index contributed by atoms with van der Waals surface area (Å²) in [6.45, 7) is 0. The molecule has 5 nitrogen and oxygen atoms in total. The molecule has 1 aromatic carbocycles. The van der Waals surface area contributed by atoms with Crippen molar-refractivity contribution < 1.29 is 10.2 Å². The van der Waals surface area contributed by atoms with Gasteiger partial charge in [-0.1, -0.05) is 18.2 Å². The van der Waals surface area contributed by atoms with Crippen LogP contribution in [0, 0.1) is 0 Å².